The molecule has 1 aromatic carbocycles. The number of ether oxygens (including phenoxy) is 1. The lowest BCUT2D eigenvalue weighted by molar-refractivity contribution is -0.132. The quantitative estimate of drug-likeness (QED) is 0.921. The Hall–Kier alpha value is -1.07. The normalized spacial score (nSPS) is 22.6. The van der Waals surface area contributed by atoms with Crippen LogP contribution in [0.1, 0.15) is 13.3 Å². The SMILES string of the molecule is CC1(CN)CCN(C(=O)COc2ccc(Br)cc2)C1. The van der Waals surface area contributed by atoms with E-state index in [0.29, 0.717) is 12.3 Å². The lowest BCUT2D eigenvalue weighted by Gasteiger charge is -2.22. The summed E-state index contributed by atoms with van der Waals surface area (Å²) >= 11 is 3.36. The highest BCUT2D eigenvalue weighted by atomic mass is 79.9. The van der Waals surface area contributed by atoms with Gasteiger partial charge in [0.15, 0.2) is 6.61 Å². The number of halogens is 1. The van der Waals surface area contributed by atoms with E-state index in [-0.39, 0.29) is 17.9 Å². The fourth-order valence-electron chi connectivity index (χ4n) is 2.17. The van der Waals surface area contributed by atoms with Crippen molar-refractivity contribution in [1.82, 2.24) is 4.90 Å². The lowest BCUT2D eigenvalue weighted by atomic mass is 9.90. The maximum absolute atomic E-state index is 12.0. The number of carbonyl (C=O) groups excluding carboxylic acids is 1. The summed E-state index contributed by atoms with van der Waals surface area (Å²) in [5, 5.41) is 0. The summed E-state index contributed by atoms with van der Waals surface area (Å²) in [4.78, 5) is 13.9. The molecule has 19 heavy (non-hydrogen) atoms. The summed E-state index contributed by atoms with van der Waals surface area (Å²) in [7, 11) is 0. The zero-order valence-electron chi connectivity index (χ0n) is 11.1. The molecule has 1 amide bonds. The Morgan fingerprint density at radius 2 is 2.16 bits per heavy atom. The van der Waals surface area contributed by atoms with Crippen LogP contribution in [0.2, 0.25) is 0 Å². The zero-order valence-corrected chi connectivity index (χ0v) is 12.6. The van der Waals surface area contributed by atoms with Gasteiger partial charge in [-0.05, 0) is 42.6 Å². The van der Waals surface area contributed by atoms with Gasteiger partial charge < -0.3 is 15.4 Å². The Balaban J connectivity index is 1.84. The maximum atomic E-state index is 12.0. The fourth-order valence-corrected chi connectivity index (χ4v) is 2.43. The first-order valence-corrected chi connectivity index (χ1v) is 7.18. The molecule has 4 nitrogen and oxygen atoms in total. The van der Waals surface area contributed by atoms with Crippen molar-refractivity contribution in [2.75, 3.05) is 26.2 Å². The summed E-state index contributed by atoms with van der Waals surface area (Å²) in [6.45, 7) is 4.32. The average molecular weight is 327 g/mol. The molecule has 1 aliphatic heterocycles. The molecular weight excluding hydrogens is 308 g/mol. The van der Waals surface area contributed by atoms with Crippen molar-refractivity contribution in [3.8, 4) is 5.75 Å². The van der Waals surface area contributed by atoms with Gasteiger partial charge in [0, 0.05) is 17.6 Å². The Morgan fingerprint density at radius 1 is 1.47 bits per heavy atom. The number of amides is 1. The third-order valence-corrected chi connectivity index (χ3v) is 4.11. The summed E-state index contributed by atoms with van der Waals surface area (Å²) in [5.41, 5.74) is 5.80. The number of carbonyl (C=O) groups is 1. The van der Waals surface area contributed by atoms with E-state index in [9.17, 15) is 4.79 Å². The van der Waals surface area contributed by atoms with Gasteiger partial charge in [-0.15, -0.1) is 0 Å². The Kier molecular flexibility index (Phi) is 4.47. The van der Waals surface area contributed by atoms with E-state index in [1.165, 1.54) is 0 Å². The molecule has 1 heterocycles. The number of likely N-dealkylation sites (tertiary alicyclic amines) is 1. The van der Waals surface area contributed by atoms with E-state index < -0.39 is 0 Å². The largest absolute Gasteiger partial charge is 0.484 e. The minimum absolute atomic E-state index is 0.0279. The summed E-state index contributed by atoms with van der Waals surface area (Å²) < 4.78 is 6.48. The molecule has 0 aliphatic carbocycles. The minimum atomic E-state index is 0.0279. The van der Waals surface area contributed by atoms with Crippen molar-refractivity contribution in [2.45, 2.75) is 13.3 Å². The molecule has 1 aromatic rings. The van der Waals surface area contributed by atoms with Gasteiger partial charge in [0.1, 0.15) is 5.75 Å². The number of hydrogen-bond donors (Lipinski definition) is 1. The van der Waals surface area contributed by atoms with E-state index in [0.717, 1.165) is 24.0 Å². The van der Waals surface area contributed by atoms with Crippen LogP contribution in [-0.2, 0) is 4.79 Å². The number of rotatable bonds is 4. The van der Waals surface area contributed by atoms with Crippen molar-refractivity contribution in [3.05, 3.63) is 28.7 Å². The van der Waals surface area contributed by atoms with Crippen LogP contribution < -0.4 is 10.5 Å². The first-order chi connectivity index (χ1) is 9.02. The molecule has 1 fully saturated rings. The van der Waals surface area contributed by atoms with Gasteiger partial charge >= 0.3 is 0 Å². The Labute approximate surface area is 122 Å². The van der Waals surface area contributed by atoms with Gasteiger partial charge in [-0.2, -0.15) is 0 Å². The zero-order chi connectivity index (χ0) is 13.9. The number of nitrogens with two attached hydrogens (primary N) is 1. The summed E-state index contributed by atoms with van der Waals surface area (Å²) in [6, 6.07) is 7.46. The van der Waals surface area contributed by atoms with Gasteiger partial charge in [0.25, 0.3) is 5.91 Å². The highest BCUT2D eigenvalue weighted by Crippen LogP contribution is 2.28. The molecule has 0 bridgehead atoms. The van der Waals surface area contributed by atoms with Gasteiger partial charge in [0.2, 0.25) is 0 Å². The average Bonchev–Trinajstić information content (AvgIpc) is 2.81. The Morgan fingerprint density at radius 3 is 2.74 bits per heavy atom. The van der Waals surface area contributed by atoms with Gasteiger partial charge in [-0.25, -0.2) is 0 Å². The summed E-state index contributed by atoms with van der Waals surface area (Å²) in [5.74, 6) is 0.734. The maximum Gasteiger partial charge on any atom is 0.260 e. The molecule has 5 heteroatoms. The molecule has 0 radical (unpaired) electrons. The molecule has 2 rings (SSSR count). The molecule has 0 aromatic heterocycles. The van der Waals surface area contributed by atoms with Crippen LogP contribution in [0.15, 0.2) is 28.7 Å². The lowest BCUT2D eigenvalue weighted by Crippen LogP contribution is -2.36. The van der Waals surface area contributed by atoms with Crippen LogP contribution in [0.3, 0.4) is 0 Å². The Bertz CT molecular complexity index is 449. The van der Waals surface area contributed by atoms with Gasteiger partial charge in [0.05, 0.1) is 0 Å². The van der Waals surface area contributed by atoms with Crippen LogP contribution in [0, 0.1) is 5.41 Å². The van der Waals surface area contributed by atoms with E-state index in [4.69, 9.17) is 10.5 Å². The molecule has 1 unspecified atom stereocenters. The molecule has 2 N–H and O–H groups in total. The first kappa shape index (κ1) is 14.3. The van der Waals surface area contributed by atoms with E-state index >= 15 is 0 Å². The first-order valence-electron chi connectivity index (χ1n) is 6.39. The minimum Gasteiger partial charge on any atom is -0.484 e. The molecular formula is C14H19BrN2O2. The van der Waals surface area contributed by atoms with Crippen molar-refractivity contribution >= 4 is 21.8 Å². The number of hydrogen-bond acceptors (Lipinski definition) is 3. The van der Waals surface area contributed by atoms with E-state index in [1.807, 2.05) is 29.2 Å². The fraction of sp³-hybridized carbons (Fsp3) is 0.500. The second-order valence-electron chi connectivity index (χ2n) is 5.32. The third kappa shape index (κ3) is 3.70. The van der Waals surface area contributed by atoms with Crippen LogP contribution in [0.25, 0.3) is 0 Å². The monoisotopic (exact) mass is 326 g/mol. The van der Waals surface area contributed by atoms with Gasteiger partial charge in [-0.3, -0.25) is 4.79 Å². The molecule has 1 atom stereocenters. The van der Waals surface area contributed by atoms with Crippen LogP contribution in [-0.4, -0.2) is 37.0 Å². The van der Waals surface area contributed by atoms with Crippen molar-refractivity contribution < 1.29 is 9.53 Å². The number of nitrogens with zero attached hydrogens (tertiary/aromatic N) is 1. The van der Waals surface area contributed by atoms with Crippen molar-refractivity contribution in [1.29, 1.82) is 0 Å². The second kappa shape index (κ2) is 5.92. The molecule has 104 valence electrons. The second-order valence-corrected chi connectivity index (χ2v) is 6.24. The molecule has 1 saturated heterocycles. The van der Waals surface area contributed by atoms with Crippen LogP contribution >= 0.6 is 15.9 Å². The molecule has 0 saturated carbocycles. The van der Waals surface area contributed by atoms with E-state index in [2.05, 4.69) is 22.9 Å². The topological polar surface area (TPSA) is 55.6 Å². The molecule has 1 aliphatic rings. The smallest absolute Gasteiger partial charge is 0.260 e. The molecule has 0 spiro atoms. The van der Waals surface area contributed by atoms with Crippen molar-refractivity contribution in [3.63, 3.8) is 0 Å². The van der Waals surface area contributed by atoms with Gasteiger partial charge in [-0.1, -0.05) is 22.9 Å². The van der Waals surface area contributed by atoms with Crippen LogP contribution in [0.5, 0.6) is 5.75 Å². The van der Waals surface area contributed by atoms with Crippen molar-refractivity contribution in [2.24, 2.45) is 11.1 Å². The number of benzene rings is 1. The summed E-state index contributed by atoms with van der Waals surface area (Å²) in [6.07, 6.45) is 0.966. The van der Waals surface area contributed by atoms with E-state index in [1.54, 1.807) is 0 Å². The standard InChI is InChI=1S/C14H19BrN2O2/c1-14(9-16)6-7-17(10-14)13(18)8-19-12-4-2-11(15)3-5-12/h2-5H,6-10,16H2,1H3. The highest BCUT2D eigenvalue weighted by Gasteiger charge is 2.34. The van der Waals surface area contributed by atoms with Crippen LogP contribution in [0.4, 0.5) is 0 Å². The predicted molar refractivity (Wildman–Crippen MR) is 78.0 cm³/mol. The third-order valence-electron chi connectivity index (χ3n) is 3.58. The highest BCUT2D eigenvalue weighted by molar-refractivity contribution is 9.10. The predicted octanol–water partition coefficient (Wildman–Crippen LogP) is 2.03.